The molecule has 0 aromatic carbocycles. The number of piperidine rings is 1. The summed E-state index contributed by atoms with van der Waals surface area (Å²) in [6.07, 6.45) is 9.22. The summed E-state index contributed by atoms with van der Waals surface area (Å²) in [6.45, 7) is 6.35. The molecular weight excluding hydrogens is 316 g/mol. The number of hydrogen-bond acceptors (Lipinski definition) is 5. The van der Waals surface area contributed by atoms with Crippen molar-refractivity contribution in [3.63, 3.8) is 0 Å². The van der Waals surface area contributed by atoms with Crippen molar-refractivity contribution < 1.29 is 0 Å². The zero-order valence-electron chi connectivity index (χ0n) is 14.6. The summed E-state index contributed by atoms with van der Waals surface area (Å²) < 4.78 is 3.62. The summed E-state index contributed by atoms with van der Waals surface area (Å²) in [4.78, 5) is 23.5. The molecule has 4 heterocycles. The van der Waals surface area contributed by atoms with Gasteiger partial charge in [-0.3, -0.25) is 9.36 Å². The van der Waals surface area contributed by atoms with E-state index in [1.807, 2.05) is 30.6 Å². The molecule has 1 aliphatic rings. The highest BCUT2D eigenvalue weighted by atomic mass is 16.1. The van der Waals surface area contributed by atoms with Crippen LogP contribution in [0.1, 0.15) is 24.1 Å². The Hall–Kier alpha value is -2.70. The Kier molecular flexibility index (Phi) is 3.99. The lowest BCUT2D eigenvalue weighted by Gasteiger charge is -2.33. The monoisotopic (exact) mass is 338 g/mol. The van der Waals surface area contributed by atoms with Gasteiger partial charge in [0.1, 0.15) is 5.52 Å². The van der Waals surface area contributed by atoms with E-state index in [9.17, 15) is 4.79 Å². The summed E-state index contributed by atoms with van der Waals surface area (Å²) in [5.41, 5.74) is 2.68. The minimum absolute atomic E-state index is 0.0839. The second-order valence-electron chi connectivity index (χ2n) is 6.75. The fraction of sp³-hybridized carbons (Fsp3) is 0.444. The Morgan fingerprint density at radius 1 is 1.16 bits per heavy atom. The van der Waals surface area contributed by atoms with Crippen LogP contribution >= 0.6 is 0 Å². The fourth-order valence-corrected chi connectivity index (χ4v) is 3.50. The van der Waals surface area contributed by atoms with Crippen molar-refractivity contribution in [1.82, 2.24) is 24.1 Å². The lowest BCUT2D eigenvalue weighted by molar-refractivity contribution is 0.349. The van der Waals surface area contributed by atoms with Crippen molar-refractivity contribution in [1.29, 1.82) is 0 Å². The van der Waals surface area contributed by atoms with Crippen LogP contribution in [0.5, 0.6) is 0 Å². The Balaban J connectivity index is 1.46. The highest BCUT2D eigenvalue weighted by molar-refractivity contribution is 5.68. The largest absolute Gasteiger partial charge is 0.355 e. The van der Waals surface area contributed by atoms with Gasteiger partial charge in [0.25, 0.3) is 5.56 Å². The minimum Gasteiger partial charge on any atom is -0.355 e. The first-order valence-electron chi connectivity index (χ1n) is 8.69. The van der Waals surface area contributed by atoms with Gasteiger partial charge in [0.05, 0.1) is 12.5 Å². The number of aryl methyl sites for hydroxylation is 1. The molecule has 7 nitrogen and oxygen atoms in total. The molecule has 0 N–H and O–H groups in total. The van der Waals surface area contributed by atoms with Crippen molar-refractivity contribution in [3.05, 3.63) is 52.6 Å². The van der Waals surface area contributed by atoms with Gasteiger partial charge in [0.15, 0.2) is 5.82 Å². The molecule has 0 saturated carbocycles. The van der Waals surface area contributed by atoms with Crippen LogP contribution in [-0.4, -0.2) is 37.2 Å². The molecule has 1 saturated heterocycles. The van der Waals surface area contributed by atoms with E-state index < -0.39 is 0 Å². The molecule has 4 rings (SSSR count). The molecule has 0 unspecified atom stereocenters. The maximum Gasteiger partial charge on any atom is 0.256 e. The Morgan fingerprint density at radius 2 is 1.96 bits per heavy atom. The van der Waals surface area contributed by atoms with E-state index >= 15 is 0 Å². The van der Waals surface area contributed by atoms with Gasteiger partial charge < -0.3 is 4.90 Å². The highest BCUT2D eigenvalue weighted by Crippen LogP contribution is 2.25. The fourth-order valence-electron chi connectivity index (χ4n) is 3.50. The number of anilines is 1. The van der Waals surface area contributed by atoms with Crippen LogP contribution in [0.15, 0.2) is 35.8 Å². The van der Waals surface area contributed by atoms with Crippen LogP contribution in [0.3, 0.4) is 0 Å². The quantitative estimate of drug-likeness (QED) is 0.729. The van der Waals surface area contributed by atoms with Crippen molar-refractivity contribution in [3.8, 4) is 0 Å². The molecule has 0 atom stereocenters. The highest BCUT2D eigenvalue weighted by Gasteiger charge is 2.22. The molecule has 3 aromatic rings. The predicted octanol–water partition coefficient (Wildman–Crippen LogP) is 1.82. The summed E-state index contributed by atoms with van der Waals surface area (Å²) >= 11 is 0. The van der Waals surface area contributed by atoms with Gasteiger partial charge in [0.2, 0.25) is 0 Å². The predicted molar refractivity (Wildman–Crippen MR) is 95.9 cm³/mol. The number of aromatic nitrogens is 5. The molecule has 0 aliphatic carbocycles. The third-order valence-electron chi connectivity index (χ3n) is 5.19. The third-order valence-corrected chi connectivity index (χ3v) is 5.19. The van der Waals surface area contributed by atoms with Crippen LogP contribution in [0.25, 0.3) is 5.52 Å². The molecular formula is C18H22N6O. The van der Waals surface area contributed by atoms with Crippen LogP contribution in [-0.2, 0) is 6.54 Å². The van der Waals surface area contributed by atoms with Gasteiger partial charge in [-0.1, -0.05) is 0 Å². The Bertz CT molecular complexity index is 952. The van der Waals surface area contributed by atoms with Gasteiger partial charge in [-0.05, 0) is 38.7 Å². The molecule has 130 valence electrons. The number of hydrogen-bond donors (Lipinski definition) is 0. The van der Waals surface area contributed by atoms with E-state index in [-0.39, 0.29) is 5.56 Å². The number of nitrogens with zero attached hydrogens (tertiary/aromatic N) is 6. The van der Waals surface area contributed by atoms with Crippen LogP contribution in [0.2, 0.25) is 0 Å². The van der Waals surface area contributed by atoms with Crippen molar-refractivity contribution >= 4 is 11.3 Å². The molecule has 7 heteroatoms. The number of fused-ring (bicyclic) bond motifs is 1. The van der Waals surface area contributed by atoms with Crippen molar-refractivity contribution in [2.24, 2.45) is 5.92 Å². The van der Waals surface area contributed by atoms with Gasteiger partial charge in [-0.2, -0.15) is 5.10 Å². The summed E-state index contributed by atoms with van der Waals surface area (Å²) in [7, 11) is 0. The van der Waals surface area contributed by atoms with E-state index in [4.69, 9.17) is 0 Å². The molecule has 0 radical (unpaired) electrons. The van der Waals surface area contributed by atoms with Gasteiger partial charge in [0, 0.05) is 43.3 Å². The summed E-state index contributed by atoms with van der Waals surface area (Å²) in [6, 6.07) is 1.99. The molecule has 3 aromatic heterocycles. The minimum atomic E-state index is 0.0839. The van der Waals surface area contributed by atoms with E-state index in [1.165, 1.54) is 0 Å². The number of rotatable bonds is 3. The van der Waals surface area contributed by atoms with Crippen LogP contribution in [0, 0.1) is 19.8 Å². The molecule has 0 bridgehead atoms. The molecule has 1 aliphatic heterocycles. The topological polar surface area (TPSA) is 68.3 Å². The van der Waals surface area contributed by atoms with Gasteiger partial charge in [-0.25, -0.2) is 14.5 Å². The average Bonchev–Trinajstić information content (AvgIpc) is 3.12. The zero-order chi connectivity index (χ0) is 17.4. The van der Waals surface area contributed by atoms with E-state index in [0.29, 0.717) is 5.92 Å². The third kappa shape index (κ3) is 2.90. The summed E-state index contributed by atoms with van der Waals surface area (Å²) in [5.74, 6) is 1.48. The van der Waals surface area contributed by atoms with Crippen molar-refractivity contribution in [2.75, 3.05) is 18.0 Å². The lowest BCUT2D eigenvalue weighted by Crippen LogP contribution is -2.37. The first-order chi connectivity index (χ1) is 12.1. The van der Waals surface area contributed by atoms with E-state index in [2.05, 4.69) is 20.0 Å². The molecule has 0 amide bonds. The van der Waals surface area contributed by atoms with E-state index in [0.717, 1.165) is 55.1 Å². The summed E-state index contributed by atoms with van der Waals surface area (Å²) in [5, 5.41) is 4.27. The molecule has 0 spiro atoms. The first-order valence-corrected chi connectivity index (χ1v) is 8.69. The maximum absolute atomic E-state index is 12.4. The van der Waals surface area contributed by atoms with Crippen molar-refractivity contribution in [2.45, 2.75) is 33.2 Å². The lowest BCUT2D eigenvalue weighted by atomic mass is 9.96. The zero-order valence-corrected chi connectivity index (χ0v) is 14.6. The maximum atomic E-state index is 12.4. The standard InChI is InChI=1S/C18H22N6O/c1-13-14(2)20-12-23(18(13)25)11-15-4-8-22(9-5-15)17-16-3-6-21-24(16)10-7-19-17/h3,6-7,10,12,15H,4-5,8-9,11H2,1-2H3. The van der Waals surface area contributed by atoms with Gasteiger partial charge >= 0.3 is 0 Å². The second-order valence-corrected chi connectivity index (χ2v) is 6.75. The second kappa shape index (κ2) is 6.31. The Morgan fingerprint density at radius 3 is 2.76 bits per heavy atom. The molecule has 1 fully saturated rings. The SMILES string of the molecule is Cc1ncn(CC2CCN(c3nccn4nccc34)CC2)c(=O)c1C. The Labute approximate surface area is 145 Å². The van der Waals surface area contributed by atoms with Crippen LogP contribution < -0.4 is 10.5 Å². The average molecular weight is 338 g/mol. The van der Waals surface area contributed by atoms with Crippen LogP contribution in [0.4, 0.5) is 5.82 Å². The van der Waals surface area contributed by atoms with E-state index in [1.54, 1.807) is 23.3 Å². The van der Waals surface area contributed by atoms with Gasteiger partial charge in [-0.15, -0.1) is 0 Å². The normalized spacial score (nSPS) is 15.8. The smallest absolute Gasteiger partial charge is 0.256 e. The molecule has 25 heavy (non-hydrogen) atoms. The first kappa shape index (κ1) is 15.8.